The van der Waals surface area contributed by atoms with E-state index >= 15 is 0 Å². The van der Waals surface area contributed by atoms with Crippen molar-refractivity contribution in [3.63, 3.8) is 0 Å². The molecule has 102 valence electrons. The first-order valence-electron chi connectivity index (χ1n) is 6.37. The fraction of sp³-hybridized carbons (Fsp3) is 0.692. The third-order valence-corrected chi connectivity index (χ3v) is 3.63. The van der Waals surface area contributed by atoms with Crippen LogP contribution in [-0.2, 0) is 11.4 Å². The van der Waals surface area contributed by atoms with Gasteiger partial charge in [0.25, 0.3) is 0 Å². The van der Waals surface area contributed by atoms with Gasteiger partial charge in [-0.2, -0.15) is 0 Å². The minimum atomic E-state index is 0.394. The lowest BCUT2D eigenvalue weighted by molar-refractivity contribution is 0.127. The number of oxime groups is 1. The molecule has 1 rings (SSSR count). The third-order valence-electron chi connectivity index (χ3n) is 2.44. The average molecular weight is 269 g/mol. The molecule has 0 aliphatic heterocycles. The molecule has 0 unspecified atom stereocenters. The SMILES string of the molecule is CC(C)CC/C(N)=N/OCc1csc(C(C)C)n1. The lowest BCUT2D eigenvalue weighted by atomic mass is 10.1. The van der Waals surface area contributed by atoms with Gasteiger partial charge >= 0.3 is 0 Å². The molecule has 0 aliphatic carbocycles. The van der Waals surface area contributed by atoms with E-state index in [9.17, 15) is 0 Å². The molecule has 4 nitrogen and oxygen atoms in total. The van der Waals surface area contributed by atoms with Crippen LogP contribution in [0.25, 0.3) is 0 Å². The second-order valence-electron chi connectivity index (χ2n) is 5.12. The first kappa shape index (κ1) is 15.0. The maximum absolute atomic E-state index is 5.75. The van der Waals surface area contributed by atoms with Gasteiger partial charge in [0.15, 0.2) is 6.61 Å². The second kappa shape index (κ2) is 7.36. The third kappa shape index (κ3) is 5.49. The smallest absolute Gasteiger partial charge is 0.160 e. The highest BCUT2D eigenvalue weighted by molar-refractivity contribution is 7.09. The van der Waals surface area contributed by atoms with Crippen LogP contribution >= 0.6 is 11.3 Å². The van der Waals surface area contributed by atoms with Crippen molar-refractivity contribution in [2.75, 3.05) is 0 Å². The molecule has 0 radical (unpaired) electrons. The standard InChI is InChI=1S/C13H23N3OS/c1-9(2)5-6-12(14)16-17-7-11-8-18-13(15-11)10(3)4/h8-10H,5-7H2,1-4H3,(H2,14,16). The number of aromatic nitrogens is 1. The van der Waals surface area contributed by atoms with Crippen molar-refractivity contribution >= 4 is 17.2 Å². The Morgan fingerprint density at radius 1 is 1.44 bits per heavy atom. The molecule has 0 amide bonds. The Kier molecular flexibility index (Phi) is 6.12. The van der Waals surface area contributed by atoms with Crippen molar-refractivity contribution in [1.29, 1.82) is 0 Å². The molecule has 0 spiro atoms. The molecule has 0 saturated heterocycles. The highest BCUT2D eigenvalue weighted by Crippen LogP contribution is 2.19. The number of rotatable bonds is 7. The van der Waals surface area contributed by atoms with E-state index in [1.165, 1.54) is 0 Å². The number of amidine groups is 1. The average Bonchev–Trinajstić information content (AvgIpc) is 2.75. The highest BCUT2D eigenvalue weighted by atomic mass is 32.1. The molecule has 1 aromatic heterocycles. The molecule has 0 aromatic carbocycles. The van der Waals surface area contributed by atoms with Gasteiger partial charge in [-0.1, -0.05) is 32.9 Å². The Morgan fingerprint density at radius 3 is 2.72 bits per heavy atom. The van der Waals surface area contributed by atoms with Crippen molar-refractivity contribution in [2.45, 2.75) is 53.1 Å². The summed E-state index contributed by atoms with van der Waals surface area (Å²) in [7, 11) is 0. The van der Waals surface area contributed by atoms with Crippen LogP contribution in [0.3, 0.4) is 0 Å². The van der Waals surface area contributed by atoms with Gasteiger partial charge in [-0.15, -0.1) is 11.3 Å². The van der Waals surface area contributed by atoms with Gasteiger partial charge in [-0.25, -0.2) is 4.98 Å². The Morgan fingerprint density at radius 2 is 2.17 bits per heavy atom. The van der Waals surface area contributed by atoms with Crippen LogP contribution in [-0.4, -0.2) is 10.8 Å². The zero-order valence-electron chi connectivity index (χ0n) is 11.6. The summed E-state index contributed by atoms with van der Waals surface area (Å²) in [6.45, 7) is 8.98. The molecular formula is C13H23N3OS. The van der Waals surface area contributed by atoms with E-state index in [0.29, 0.717) is 24.3 Å². The summed E-state index contributed by atoms with van der Waals surface area (Å²) in [4.78, 5) is 9.68. The molecule has 18 heavy (non-hydrogen) atoms. The monoisotopic (exact) mass is 269 g/mol. The number of hydrogen-bond acceptors (Lipinski definition) is 4. The topological polar surface area (TPSA) is 60.5 Å². The zero-order valence-corrected chi connectivity index (χ0v) is 12.5. The van der Waals surface area contributed by atoms with Crippen LogP contribution in [0.4, 0.5) is 0 Å². The maximum atomic E-state index is 5.75. The molecule has 0 atom stereocenters. The van der Waals surface area contributed by atoms with Crippen LogP contribution in [0.15, 0.2) is 10.5 Å². The number of hydrogen-bond donors (Lipinski definition) is 1. The van der Waals surface area contributed by atoms with Crippen molar-refractivity contribution < 1.29 is 4.84 Å². The fourth-order valence-corrected chi connectivity index (χ4v) is 2.14. The lowest BCUT2D eigenvalue weighted by Gasteiger charge is -2.03. The van der Waals surface area contributed by atoms with Gasteiger partial charge < -0.3 is 10.6 Å². The summed E-state index contributed by atoms with van der Waals surface area (Å²) in [5, 5.41) is 7.04. The van der Waals surface area contributed by atoms with Crippen LogP contribution < -0.4 is 5.73 Å². The largest absolute Gasteiger partial charge is 0.388 e. The summed E-state index contributed by atoms with van der Waals surface area (Å²) < 4.78 is 0. The summed E-state index contributed by atoms with van der Waals surface area (Å²) in [6, 6.07) is 0. The van der Waals surface area contributed by atoms with Crippen molar-refractivity contribution in [2.24, 2.45) is 16.8 Å². The summed E-state index contributed by atoms with van der Waals surface area (Å²) in [6.07, 6.45) is 1.82. The van der Waals surface area contributed by atoms with Gasteiger partial charge in [0, 0.05) is 17.7 Å². The Bertz CT molecular complexity index is 385. The molecular weight excluding hydrogens is 246 g/mol. The summed E-state index contributed by atoms with van der Waals surface area (Å²) >= 11 is 1.66. The second-order valence-corrected chi connectivity index (χ2v) is 6.01. The fourth-order valence-electron chi connectivity index (χ4n) is 1.32. The Hall–Kier alpha value is -1.10. The Labute approximate surface area is 113 Å². The number of thiazole rings is 1. The lowest BCUT2D eigenvalue weighted by Crippen LogP contribution is -2.13. The van der Waals surface area contributed by atoms with Crippen LogP contribution in [0, 0.1) is 5.92 Å². The first-order valence-corrected chi connectivity index (χ1v) is 7.25. The maximum Gasteiger partial charge on any atom is 0.160 e. The van der Waals surface area contributed by atoms with E-state index in [2.05, 4.69) is 37.8 Å². The van der Waals surface area contributed by atoms with Crippen LogP contribution in [0.2, 0.25) is 0 Å². The van der Waals surface area contributed by atoms with Gasteiger partial charge in [-0.3, -0.25) is 0 Å². The van der Waals surface area contributed by atoms with Gasteiger partial charge in [-0.05, 0) is 12.3 Å². The molecule has 5 heteroatoms. The van der Waals surface area contributed by atoms with Crippen LogP contribution in [0.5, 0.6) is 0 Å². The van der Waals surface area contributed by atoms with Crippen LogP contribution in [0.1, 0.15) is 57.2 Å². The minimum Gasteiger partial charge on any atom is -0.388 e. The predicted molar refractivity (Wildman–Crippen MR) is 76.7 cm³/mol. The van der Waals surface area contributed by atoms with E-state index in [-0.39, 0.29) is 0 Å². The molecule has 1 heterocycles. The molecule has 0 aliphatic rings. The number of nitrogens with zero attached hydrogens (tertiary/aromatic N) is 2. The summed E-state index contributed by atoms with van der Waals surface area (Å²) in [5.74, 6) is 1.65. The Balaban J connectivity index is 2.33. The van der Waals surface area contributed by atoms with Crippen molar-refractivity contribution in [3.8, 4) is 0 Å². The molecule has 0 bridgehead atoms. The predicted octanol–water partition coefficient (Wildman–Crippen LogP) is 3.49. The molecule has 0 fully saturated rings. The van der Waals surface area contributed by atoms with Gasteiger partial charge in [0.2, 0.25) is 0 Å². The van der Waals surface area contributed by atoms with Gasteiger partial charge in [0.1, 0.15) is 5.84 Å². The molecule has 2 N–H and O–H groups in total. The van der Waals surface area contributed by atoms with Crippen molar-refractivity contribution in [1.82, 2.24) is 4.98 Å². The number of nitrogens with two attached hydrogens (primary N) is 1. The molecule has 0 saturated carbocycles. The normalized spacial score (nSPS) is 12.4. The van der Waals surface area contributed by atoms with Gasteiger partial charge in [0.05, 0.1) is 10.7 Å². The minimum absolute atomic E-state index is 0.394. The van der Waals surface area contributed by atoms with Crippen molar-refractivity contribution in [3.05, 3.63) is 16.1 Å². The quantitative estimate of drug-likeness (QED) is 0.468. The van der Waals surface area contributed by atoms with E-state index in [0.717, 1.165) is 23.5 Å². The highest BCUT2D eigenvalue weighted by Gasteiger charge is 2.06. The van der Waals surface area contributed by atoms with E-state index in [4.69, 9.17) is 10.6 Å². The summed E-state index contributed by atoms with van der Waals surface area (Å²) in [5.41, 5.74) is 6.67. The molecule has 1 aromatic rings. The van der Waals surface area contributed by atoms with E-state index in [1.807, 2.05) is 5.38 Å². The van der Waals surface area contributed by atoms with E-state index < -0.39 is 0 Å². The zero-order chi connectivity index (χ0) is 13.5. The van der Waals surface area contributed by atoms with E-state index in [1.54, 1.807) is 11.3 Å². The first-order chi connectivity index (χ1) is 8.49.